The molecule has 0 radical (unpaired) electrons. The largest absolute Gasteiger partial charge is 0.490 e. The molecule has 0 aromatic heterocycles. The van der Waals surface area contributed by atoms with Crippen molar-refractivity contribution in [1.82, 2.24) is 0 Å². The Kier molecular flexibility index (Phi) is 6.77. The first-order chi connectivity index (χ1) is 9.53. The summed E-state index contributed by atoms with van der Waals surface area (Å²) in [6.07, 6.45) is 4.44. The molecule has 112 valence electrons. The van der Waals surface area contributed by atoms with Crippen LogP contribution in [0.5, 0.6) is 5.75 Å². The summed E-state index contributed by atoms with van der Waals surface area (Å²) in [5, 5.41) is 0. The van der Waals surface area contributed by atoms with Crippen LogP contribution in [0.1, 0.15) is 82.1 Å². The van der Waals surface area contributed by atoms with Crippen LogP contribution in [0.25, 0.3) is 0 Å². The second-order valence-corrected chi connectivity index (χ2v) is 5.54. The summed E-state index contributed by atoms with van der Waals surface area (Å²) in [6.45, 7) is 10.2. The third kappa shape index (κ3) is 4.36. The maximum absolute atomic E-state index is 11.9. The predicted octanol–water partition coefficient (Wildman–Crippen LogP) is 5.36. The van der Waals surface area contributed by atoms with Crippen LogP contribution in [-0.2, 0) is 0 Å². The minimum atomic E-state index is 0.0801. The van der Waals surface area contributed by atoms with Crippen LogP contribution >= 0.6 is 0 Å². The molecule has 0 amide bonds. The molecule has 0 bridgehead atoms. The van der Waals surface area contributed by atoms with E-state index in [1.165, 1.54) is 5.56 Å². The Balaban J connectivity index is 3.04. The van der Waals surface area contributed by atoms with Crippen molar-refractivity contribution in [1.29, 1.82) is 0 Å². The van der Waals surface area contributed by atoms with Gasteiger partial charge in [-0.1, -0.05) is 33.3 Å². The molecule has 1 aromatic rings. The van der Waals surface area contributed by atoms with Crippen LogP contribution in [0.3, 0.4) is 0 Å². The highest BCUT2D eigenvalue weighted by Gasteiger charge is 2.15. The van der Waals surface area contributed by atoms with Crippen molar-refractivity contribution in [3.05, 3.63) is 29.3 Å². The van der Waals surface area contributed by atoms with E-state index in [4.69, 9.17) is 4.74 Å². The lowest BCUT2D eigenvalue weighted by molar-refractivity contribution is 0.101. The molecule has 1 unspecified atom stereocenters. The minimum Gasteiger partial charge on any atom is -0.490 e. The first-order valence-electron chi connectivity index (χ1n) is 7.84. The van der Waals surface area contributed by atoms with E-state index in [1.807, 2.05) is 12.1 Å². The van der Waals surface area contributed by atoms with Gasteiger partial charge in [-0.3, -0.25) is 4.79 Å². The van der Waals surface area contributed by atoms with Crippen molar-refractivity contribution in [2.24, 2.45) is 0 Å². The summed E-state index contributed by atoms with van der Waals surface area (Å²) in [4.78, 5) is 11.9. The molecule has 1 aromatic carbocycles. The van der Waals surface area contributed by atoms with Gasteiger partial charge >= 0.3 is 0 Å². The van der Waals surface area contributed by atoms with E-state index in [9.17, 15) is 4.79 Å². The van der Waals surface area contributed by atoms with Gasteiger partial charge in [0.1, 0.15) is 5.75 Å². The van der Waals surface area contributed by atoms with E-state index in [-0.39, 0.29) is 11.9 Å². The summed E-state index contributed by atoms with van der Waals surface area (Å²) in [6, 6.07) is 6.10. The minimum absolute atomic E-state index is 0.0801. The van der Waals surface area contributed by atoms with Gasteiger partial charge in [0.05, 0.1) is 11.7 Å². The molecular formula is C18H28O2. The number of benzene rings is 1. The normalized spacial score (nSPS) is 12.5. The Labute approximate surface area is 123 Å². The summed E-state index contributed by atoms with van der Waals surface area (Å²) in [5.41, 5.74) is 1.97. The Morgan fingerprint density at radius 1 is 1.20 bits per heavy atom. The standard InChI is InChI=1S/C18H28O2/c1-6-9-13(4)20-18-11-10-16(15(7-2)8-3)12-17(18)14(5)19/h10-13,15H,6-9H2,1-5H3. The van der Waals surface area contributed by atoms with Crippen LogP contribution in [0, 0.1) is 0 Å². The van der Waals surface area contributed by atoms with E-state index in [2.05, 4.69) is 33.8 Å². The molecule has 0 fully saturated rings. The van der Waals surface area contributed by atoms with E-state index >= 15 is 0 Å². The maximum atomic E-state index is 11.9. The summed E-state index contributed by atoms with van der Waals surface area (Å²) < 4.78 is 5.93. The monoisotopic (exact) mass is 276 g/mol. The first kappa shape index (κ1) is 16.7. The molecule has 0 saturated heterocycles. The number of carbonyl (C=O) groups excluding carboxylic acids is 1. The highest BCUT2D eigenvalue weighted by Crippen LogP contribution is 2.29. The number of ketones is 1. The van der Waals surface area contributed by atoms with Crippen LogP contribution in [0.4, 0.5) is 0 Å². The van der Waals surface area contributed by atoms with Gasteiger partial charge in [0, 0.05) is 0 Å². The predicted molar refractivity (Wildman–Crippen MR) is 84.8 cm³/mol. The molecule has 1 rings (SSSR count). The lowest BCUT2D eigenvalue weighted by atomic mass is 9.92. The smallest absolute Gasteiger partial charge is 0.163 e. The van der Waals surface area contributed by atoms with Crippen molar-refractivity contribution in [3.8, 4) is 5.75 Å². The maximum Gasteiger partial charge on any atom is 0.163 e. The SMILES string of the molecule is CCCC(C)Oc1ccc(C(CC)CC)cc1C(C)=O. The van der Waals surface area contributed by atoms with Gasteiger partial charge in [-0.15, -0.1) is 0 Å². The zero-order valence-electron chi connectivity index (χ0n) is 13.5. The van der Waals surface area contributed by atoms with Gasteiger partial charge in [0.25, 0.3) is 0 Å². The van der Waals surface area contributed by atoms with Crippen LogP contribution in [-0.4, -0.2) is 11.9 Å². The molecular weight excluding hydrogens is 248 g/mol. The molecule has 2 nitrogen and oxygen atoms in total. The number of Topliss-reactive ketones (excluding diaryl/α,β-unsaturated/α-hetero) is 1. The third-order valence-corrected chi connectivity index (χ3v) is 3.86. The number of ether oxygens (including phenoxy) is 1. The van der Waals surface area contributed by atoms with E-state index in [0.717, 1.165) is 37.0 Å². The molecule has 2 heteroatoms. The van der Waals surface area contributed by atoms with Crippen LogP contribution in [0.15, 0.2) is 18.2 Å². The molecule has 1 atom stereocenters. The zero-order chi connectivity index (χ0) is 15.1. The lowest BCUT2D eigenvalue weighted by Gasteiger charge is -2.19. The molecule has 20 heavy (non-hydrogen) atoms. The van der Waals surface area contributed by atoms with Crippen molar-refractivity contribution < 1.29 is 9.53 Å². The van der Waals surface area contributed by atoms with Crippen molar-refractivity contribution in [2.45, 2.75) is 72.3 Å². The lowest BCUT2D eigenvalue weighted by Crippen LogP contribution is -2.13. The molecule has 0 saturated carbocycles. The number of carbonyl (C=O) groups is 1. The van der Waals surface area contributed by atoms with Gasteiger partial charge < -0.3 is 4.74 Å². The Bertz CT molecular complexity index is 433. The summed E-state index contributed by atoms with van der Waals surface area (Å²) in [7, 11) is 0. The van der Waals surface area contributed by atoms with Gasteiger partial charge in [-0.25, -0.2) is 0 Å². The number of hydrogen-bond acceptors (Lipinski definition) is 2. The molecule has 0 N–H and O–H groups in total. The molecule has 0 aliphatic rings. The Morgan fingerprint density at radius 3 is 2.35 bits per heavy atom. The fourth-order valence-corrected chi connectivity index (χ4v) is 2.62. The average Bonchev–Trinajstić information content (AvgIpc) is 2.41. The molecule has 0 aliphatic carbocycles. The number of rotatable bonds is 8. The second-order valence-electron chi connectivity index (χ2n) is 5.54. The Morgan fingerprint density at radius 2 is 1.85 bits per heavy atom. The van der Waals surface area contributed by atoms with Crippen molar-refractivity contribution >= 4 is 5.78 Å². The van der Waals surface area contributed by atoms with Gasteiger partial charge in [0.15, 0.2) is 5.78 Å². The van der Waals surface area contributed by atoms with Crippen molar-refractivity contribution in [3.63, 3.8) is 0 Å². The van der Waals surface area contributed by atoms with Crippen LogP contribution < -0.4 is 4.74 Å². The van der Waals surface area contributed by atoms with Crippen LogP contribution in [0.2, 0.25) is 0 Å². The molecule has 0 heterocycles. The zero-order valence-corrected chi connectivity index (χ0v) is 13.5. The quantitative estimate of drug-likeness (QED) is 0.597. The van der Waals surface area contributed by atoms with Gasteiger partial charge in [-0.05, 0) is 56.7 Å². The van der Waals surface area contributed by atoms with E-state index < -0.39 is 0 Å². The van der Waals surface area contributed by atoms with Crippen molar-refractivity contribution in [2.75, 3.05) is 0 Å². The first-order valence-corrected chi connectivity index (χ1v) is 7.84. The third-order valence-electron chi connectivity index (χ3n) is 3.86. The van der Waals surface area contributed by atoms with E-state index in [0.29, 0.717) is 5.92 Å². The number of hydrogen-bond donors (Lipinski definition) is 0. The fourth-order valence-electron chi connectivity index (χ4n) is 2.62. The topological polar surface area (TPSA) is 26.3 Å². The van der Waals surface area contributed by atoms with Gasteiger partial charge in [0.2, 0.25) is 0 Å². The molecule has 0 aliphatic heterocycles. The second kappa shape index (κ2) is 8.08. The Hall–Kier alpha value is -1.31. The highest BCUT2D eigenvalue weighted by molar-refractivity contribution is 5.97. The highest BCUT2D eigenvalue weighted by atomic mass is 16.5. The van der Waals surface area contributed by atoms with E-state index in [1.54, 1.807) is 6.92 Å². The summed E-state index contributed by atoms with van der Waals surface area (Å²) >= 11 is 0. The molecule has 0 spiro atoms. The average molecular weight is 276 g/mol. The fraction of sp³-hybridized carbons (Fsp3) is 0.611. The van der Waals surface area contributed by atoms with Gasteiger partial charge in [-0.2, -0.15) is 0 Å². The summed E-state index contributed by atoms with van der Waals surface area (Å²) in [5.74, 6) is 1.33.